The molecule has 0 aliphatic carbocycles. The first kappa shape index (κ1) is 13.0. The van der Waals surface area contributed by atoms with E-state index in [2.05, 4.69) is 16.9 Å². The summed E-state index contributed by atoms with van der Waals surface area (Å²) < 4.78 is 0. The summed E-state index contributed by atoms with van der Waals surface area (Å²) in [6, 6.07) is 0.226. The molecule has 2 unspecified atom stereocenters. The summed E-state index contributed by atoms with van der Waals surface area (Å²) in [7, 11) is 0. The van der Waals surface area contributed by atoms with Gasteiger partial charge < -0.3 is 4.90 Å². The zero-order valence-electron chi connectivity index (χ0n) is 10.6. The first-order valence-electron chi connectivity index (χ1n) is 5.85. The second-order valence-corrected chi connectivity index (χ2v) is 5.19. The lowest BCUT2D eigenvalue weighted by Gasteiger charge is -2.22. The van der Waals surface area contributed by atoms with Crippen LogP contribution in [0.15, 0.2) is 0 Å². The number of aryl methyl sites for hydroxylation is 1. The number of nitro groups is 1. The average Bonchev–Trinajstić information content (AvgIpc) is 2.55. The lowest BCUT2D eigenvalue weighted by molar-refractivity contribution is -0.385. The monoisotopic (exact) mass is 270 g/mol. The summed E-state index contributed by atoms with van der Waals surface area (Å²) >= 11 is 5.82. The molecule has 1 fully saturated rings. The molecule has 1 saturated heterocycles. The lowest BCUT2D eigenvalue weighted by atomic mass is 10.1. The van der Waals surface area contributed by atoms with Crippen LogP contribution in [0.4, 0.5) is 11.5 Å². The summed E-state index contributed by atoms with van der Waals surface area (Å²) in [4.78, 5) is 20.6. The highest BCUT2D eigenvalue weighted by Crippen LogP contribution is 2.35. The Balaban J connectivity index is 2.52. The molecule has 0 aromatic carbocycles. The van der Waals surface area contributed by atoms with Crippen LogP contribution >= 0.6 is 11.6 Å². The Kier molecular flexibility index (Phi) is 3.38. The molecular formula is C11H15ClN4O2. The van der Waals surface area contributed by atoms with Gasteiger partial charge in [-0.1, -0.05) is 6.92 Å². The van der Waals surface area contributed by atoms with Gasteiger partial charge in [0.2, 0.25) is 11.1 Å². The van der Waals surface area contributed by atoms with E-state index in [-0.39, 0.29) is 17.0 Å². The average molecular weight is 271 g/mol. The minimum atomic E-state index is -0.434. The molecule has 2 rings (SSSR count). The highest BCUT2D eigenvalue weighted by Gasteiger charge is 2.34. The van der Waals surface area contributed by atoms with Crippen molar-refractivity contribution >= 4 is 23.1 Å². The van der Waals surface area contributed by atoms with E-state index in [1.807, 2.05) is 11.8 Å². The van der Waals surface area contributed by atoms with Gasteiger partial charge in [0, 0.05) is 12.6 Å². The van der Waals surface area contributed by atoms with E-state index in [0.717, 1.165) is 13.0 Å². The minimum absolute atomic E-state index is 0.0413. The van der Waals surface area contributed by atoms with Crippen LogP contribution < -0.4 is 4.90 Å². The van der Waals surface area contributed by atoms with Crippen molar-refractivity contribution in [3.05, 3.63) is 21.1 Å². The van der Waals surface area contributed by atoms with Crippen molar-refractivity contribution < 1.29 is 4.92 Å². The van der Waals surface area contributed by atoms with Crippen molar-refractivity contribution in [1.82, 2.24) is 9.97 Å². The fourth-order valence-corrected chi connectivity index (χ4v) is 2.73. The van der Waals surface area contributed by atoms with E-state index in [1.54, 1.807) is 6.92 Å². The Labute approximate surface area is 110 Å². The summed E-state index contributed by atoms with van der Waals surface area (Å²) in [6.07, 6.45) is 0.998. The predicted molar refractivity (Wildman–Crippen MR) is 69.0 cm³/mol. The van der Waals surface area contributed by atoms with Crippen LogP contribution in [-0.2, 0) is 0 Å². The van der Waals surface area contributed by atoms with E-state index in [1.165, 1.54) is 0 Å². The lowest BCUT2D eigenvalue weighted by Crippen LogP contribution is -2.29. The Morgan fingerprint density at radius 1 is 1.44 bits per heavy atom. The van der Waals surface area contributed by atoms with Gasteiger partial charge in [0.25, 0.3) is 0 Å². The normalized spacial score (nSPS) is 23.4. The second-order valence-electron chi connectivity index (χ2n) is 4.85. The van der Waals surface area contributed by atoms with Gasteiger partial charge in [-0.25, -0.2) is 4.98 Å². The maximum absolute atomic E-state index is 11.2. The number of nitrogens with zero attached hydrogens (tertiary/aromatic N) is 4. The van der Waals surface area contributed by atoms with Crippen LogP contribution in [0.25, 0.3) is 0 Å². The molecule has 0 bridgehead atoms. The zero-order chi connectivity index (χ0) is 13.4. The van der Waals surface area contributed by atoms with Crippen molar-refractivity contribution in [2.24, 2.45) is 5.92 Å². The molecule has 2 atom stereocenters. The molecule has 0 saturated carbocycles. The fraction of sp³-hybridized carbons (Fsp3) is 0.636. The first-order chi connectivity index (χ1) is 8.40. The fourth-order valence-electron chi connectivity index (χ4n) is 2.53. The summed E-state index contributed by atoms with van der Waals surface area (Å²) in [5, 5.41) is 11.2. The highest BCUT2D eigenvalue weighted by molar-refractivity contribution is 6.28. The van der Waals surface area contributed by atoms with Gasteiger partial charge in [0.1, 0.15) is 5.69 Å². The SMILES string of the molecule is Cc1nc(Cl)nc(N2CC(C)CC2C)c1[N+](=O)[O-]. The van der Waals surface area contributed by atoms with Gasteiger partial charge in [-0.2, -0.15) is 4.98 Å². The van der Waals surface area contributed by atoms with Gasteiger partial charge in [0.15, 0.2) is 0 Å². The van der Waals surface area contributed by atoms with Crippen LogP contribution in [0.3, 0.4) is 0 Å². The Bertz CT molecular complexity index is 494. The first-order valence-corrected chi connectivity index (χ1v) is 6.23. The van der Waals surface area contributed by atoms with Crippen LogP contribution in [0.5, 0.6) is 0 Å². The third-order valence-electron chi connectivity index (χ3n) is 3.25. The number of aromatic nitrogens is 2. The van der Waals surface area contributed by atoms with Gasteiger partial charge in [-0.3, -0.25) is 10.1 Å². The molecule has 0 radical (unpaired) electrons. The number of halogens is 1. The van der Waals surface area contributed by atoms with Crippen LogP contribution in [0.1, 0.15) is 26.0 Å². The van der Waals surface area contributed by atoms with Crippen LogP contribution in [-0.4, -0.2) is 27.5 Å². The predicted octanol–water partition coefficient (Wildman–Crippen LogP) is 2.58. The molecule has 98 valence electrons. The quantitative estimate of drug-likeness (QED) is 0.469. The number of hydrogen-bond donors (Lipinski definition) is 0. The maximum Gasteiger partial charge on any atom is 0.332 e. The summed E-state index contributed by atoms with van der Waals surface area (Å²) in [5.41, 5.74) is 0.266. The maximum atomic E-state index is 11.2. The molecular weight excluding hydrogens is 256 g/mol. The van der Waals surface area contributed by atoms with Gasteiger partial charge in [-0.15, -0.1) is 0 Å². The molecule has 1 aliphatic rings. The van der Waals surface area contributed by atoms with Gasteiger partial charge in [-0.05, 0) is 37.8 Å². The second kappa shape index (κ2) is 4.68. The van der Waals surface area contributed by atoms with E-state index in [4.69, 9.17) is 11.6 Å². The van der Waals surface area contributed by atoms with E-state index < -0.39 is 4.92 Å². The molecule has 1 aromatic heterocycles. The van der Waals surface area contributed by atoms with E-state index in [0.29, 0.717) is 17.4 Å². The number of hydrogen-bond acceptors (Lipinski definition) is 5. The third kappa shape index (κ3) is 2.25. The minimum Gasteiger partial charge on any atom is -0.348 e. The highest BCUT2D eigenvalue weighted by atomic mass is 35.5. The number of anilines is 1. The van der Waals surface area contributed by atoms with Crippen molar-refractivity contribution in [2.45, 2.75) is 33.2 Å². The van der Waals surface area contributed by atoms with Crippen molar-refractivity contribution in [3.8, 4) is 0 Å². The molecule has 0 spiro atoms. The van der Waals surface area contributed by atoms with Crippen molar-refractivity contribution in [1.29, 1.82) is 0 Å². The smallest absolute Gasteiger partial charge is 0.332 e. The van der Waals surface area contributed by atoms with Gasteiger partial charge in [0.05, 0.1) is 4.92 Å². The Morgan fingerprint density at radius 3 is 2.61 bits per heavy atom. The molecule has 1 aliphatic heterocycles. The third-order valence-corrected chi connectivity index (χ3v) is 3.42. The molecule has 1 aromatic rings. The van der Waals surface area contributed by atoms with E-state index in [9.17, 15) is 10.1 Å². The zero-order valence-corrected chi connectivity index (χ0v) is 11.3. The molecule has 2 heterocycles. The summed E-state index contributed by atoms with van der Waals surface area (Å²) in [5.74, 6) is 0.836. The molecule has 6 nitrogen and oxygen atoms in total. The molecule has 7 heteroatoms. The number of rotatable bonds is 2. The molecule has 0 amide bonds. The molecule has 18 heavy (non-hydrogen) atoms. The molecule has 0 N–H and O–H groups in total. The topological polar surface area (TPSA) is 72.2 Å². The largest absolute Gasteiger partial charge is 0.348 e. The summed E-state index contributed by atoms with van der Waals surface area (Å²) in [6.45, 7) is 6.50. The standard InChI is InChI=1S/C11H15ClN4O2/c1-6-4-7(2)15(5-6)10-9(16(17)18)8(3)13-11(12)14-10/h6-7H,4-5H2,1-3H3. The van der Waals surface area contributed by atoms with E-state index >= 15 is 0 Å². The van der Waals surface area contributed by atoms with Crippen LogP contribution in [0.2, 0.25) is 5.28 Å². The Morgan fingerprint density at radius 2 is 2.11 bits per heavy atom. The van der Waals surface area contributed by atoms with Crippen molar-refractivity contribution in [3.63, 3.8) is 0 Å². The van der Waals surface area contributed by atoms with Crippen molar-refractivity contribution in [2.75, 3.05) is 11.4 Å². The van der Waals surface area contributed by atoms with Gasteiger partial charge >= 0.3 is 5.69 Å². The van der Waals surface area contributed by atoms with Crippen LogP contribution in [0, 0.1) is 23.0 Å². The Hall–Kier alpha value is -1.43.